The fraction of sp³-hybridized carbons (Fsp3) is 0.750. The van der Waals surface area contributed by atoms with Crippen molar-refractivity contribution in [2.24, 2.45) is 0 Å². The molecule has 1 fully saturated rings. The molecule has 1 rings (SSSR count). The SMILES string of the molecule is O=C1CCC(NC(=O)C(F)(F)C(F)F)CN1. The van der Waals surface area contributed by atoms with Crippen LogP contribution < -0.4 is 10.6 Å². The highest BCUT2D eigenvalue weighted by Crippen LogP contribution is 2.23. The predicted molar refractivity (Wildman–Crippen MR) is 45.1 cm³/mol. The minimum absolute atomic E-state index is 0.0239. The van der Waals surface area contributed by atoms with E-state index in [4.69, 9.17) is 0 Å². The van der Waals surface area contributed by atoms with Crippen molar-refractivity contribution in [2.45, 2.75) is 31.2 Å². The maximum atomic E-state index is 12.5. The zero-order chi connectivity index (χ0) is 12.3. The minimum Gasteiger partial charge on any atom is -0.354 e. The first kappa shape index (κ1) is 12.7. The fourth-order valence-electron chi connectivity index (χ4n) is 1.24. The lowest BCUT2D eigenvalue weighted by Gasteiger charge is -2.25. The van der Waals surface area contributed by atoms with Gasteiger partial charge in [-0.25, -0.2) is 8.78 Å². The van der Waals surface area contributed by atoms with Crippen LogP contribution in [-0.2, 0) is 9.59 Å². The summed E-state index contributed by atoms with van der Waals surface area (Å²) in [5.41, 5.74) is 0. The Bertz CT molecular complexity index is 286. The molecule has 0 aromatic rings. The fourth-order valence-corrected chi connectivity index (χ4v) is 1.24. The lowest BCUT2D eigenvalue weighted by molar-refractivity contribution is -0.170. The van der Waals surface area contributed by atoms with Gasteiger partial charge in [-0.1, -0.05) is 0 Å². The smallest absolute Gasteiger partial charge is 0.354 e. The van der Waals surface area contributed by atoms with Crippen molar-refractivity contribution in [3.63, 3.8) is 0 Å². The van der Waals surface area contributed by atoms with Gasteiger partial charge >= 0.3 is 12.3 Å². The maximum absolute atomic E-state index is 12.5. The van der Waals surface area contributed by atoms with Crippen LogP contribution in [0.3, 0.4) is 0 Å². The molecule has 0 spiro atoms. The Kier molecular flexibility index (Phi) is 3.71. The molecule has 2 N–H and O–H groups in total. The largest absolute Gasteiger partial charge is 0.383 e. The molecule has 16 heavy (non-hydrogen) atoms. The van der Waals surface area contributed by atoms with Crippen LogP contribution in [0.5, 0.6) is 0 Å². The number of alkyl halides is 4. The Labute approximate surface area is 88.4 Å². The highest BCUT2D eigenvalue weighted by Gasteiger charge is 2.49. The topological polar surface area (TPSA) is 58.2 Å². The Balaban J connectivity index is 2.48. The first-order valence-electron chi connectivity index (χ1n) is 4.57. The second-order valence-corrected chi connectivity index (χ2v) is 3.44. The van der Waals surface area contributed by atoms with E-state index in [1.54, 1.807) is 5.32 Å². The molecule has 1 atom stereocenters. The summed E-state index contributed by atoms with van der Waals surface area (Å²) in [6.07, 6.45) is -3.80. The molecule has 1 saturated heterocycles. The van der Waals surface area contributed by atoms with E-state index >= 15 is 0 Å². The number of amides is 2. The standard InChI is InChI=1S/C8H10F4N2O2/c9-6(10)8(11,12)7(16)14-4-1-2-5(15)13-3-4/h4,6H,1-3H2,(H,13,15)(H,14,16). The third-order valence-corrected chi connectivity index (χ3v) is 2.18. The van der Waals surface area contributed by atoms with Gasteiger partial charge in [0.25, 0.3) is 5.91 Å². The molecule has 0 aromatic carbocycles. The zero-order valence-electron chi connectivity index (χ0n) is 8.10. The predicted octanol–water partition coefficient (Wildman–Crippen LogP) is 0.282. The first-order chi connectivity index (χ1) is 7.34. The number of hydrogen-bond donors (Lipinski definition) is 2. The highest BCUT2D eigenvalue weighted by molar-refractivity contribution is 5.84. The van der Waals surface area contributed by atoms with Crippen LogP contribution in [0.4, 0.5) is 17.6 Å². The van der Waals surface area contributed by atoms with E-state index in [1.165, 1.54) is 0 Å². The van der Waals surface area contributed by atoms with E-state index in [0.717, 1.165) is 0 Å². The summed E-state index contributed by atoms with van der Waals surface area (Å²) in [6, 6.07) is -0.727. The Morgan fingerprint density at radius 3 is 2.56 bits per heavy atom. The van der Waals surface area contributed by atoms with Crippen molar-refractivity contribution in [2.75, 3.05) is 6.54 Å². The van der Waals surface area contributed by atoms with Gasteiger partial charge in [0, 0.05) is 19.0 Å². The van der Waals surface area contributed by atoms with Gasteiger partial charge < -0.3 is 10.6 Å². The van der Waals surface area contributed by atoms with Crippen LogP contribution in [0, 0.1) is 0 Å². The third-order valence-electron chi connectivity index (χ3n) is 2.18. The van der Waals surface area contributed by atoms with Gasteiger partial charge in [0.1, 0.15) is 0 Å². The van der Waals surface area contributed by atoms with Gasteiger partial charge in [-0.05, 0) is 6.42 Å². The third kappa shape index (κ3) is 2.83. The van der Waals surface area contributed by atoms with Gasteiger partial charge in [-0.15, -0.1) is 0 Å². The van der Waals surface area contributed by atoms with Crippen LogP contribution in [0.2, 0.25) is 0 Å². The summed E-state index contributed by atoms with van der Waals surface area (Å²) in [5, 5.41) is 4.11. The molecule has 1 heterocycles. The molecule has 2 amide bonds. The molecular weight excluding hydrogens is 232 g/mol. The summed E-state index contributed by atoms with van der Waals surface area (Å²) in [5.74, 6) is -6.96. The number of carbonyl (C=O) groups excluding carboxylic acids is 2. The number of hydrogen-bond acceptors (Lipinski definition) is 2. The summed E-state index contributed by atoms with van der Waals surface area (Å²) >= 11 is 0. The van der Waals surface area contributed by atoms with Crippen LogP contribution in [-0.4, -0.2) is 36.7 Å². The maximum Gasteiger partial charge on any atom is 0.383 e. The number of piperidine rings is 1. The van der Waals surface area contributed by atoms with Crippen molar-refractivity contribution in [1.82, 2.24) is 10.6 Å². The Hall–Kier alpha value is -1.34. The van der Waals surface area contributed by atoms with Crippen molar-refractivity contribution in [1.29, 1.82) is 0 Å². The van der Waals surface area contributed by atoms with Crippen molar-refractivity contribution >= 4 is 11.8 Å². The van der Waals surface area contributed by atoms with Gasteiger partial charge in [0.15, 0.2) is 0 Å². The molecule has 0 radical (unpaired) electrons. The second kappa shape index (κ2) is 4.67. The van der Waals surface area contributed by atoms with Gasteiger partial charge in [-0.2, -0.15) is 8.78 Å². The average molecular weight is 242 g/mol. The van der Waals surface area contributed by atoms with Crippen LogP contribution in [0.1, 0.15) is 12.8 Å². The Morgan fingerprint density at radius 1 is 1.50 bits per heavy atom. The number of nitrogens with one attached hydrogen (secondary N) is 2. The van der Waals surface area contributed by atoms with Crippen LogP contribution in [0.25, 0.3) is 0 Å². The minimum atomic E-state index is -4.69. The normalized spacial score (nSPS) is 21.8. The lowest BCUT2D eigenvalue weighted by Crippen LogP contribution is -2.53. The van der Waals surface area contributed by atoms with Crippen molar-refractivity contribution in [3.05, 3.63) is 0 Å². The molecule has 8 heteroatoms. The molecule has 92 valence electrons. The number of rotatable bonds is 3. The molecule has 0 aliphatic carbocycles. The van der Waals surface area contributed by atoms with Crippen molar-refractivity contribution < 1.29 is 27.2 Å². The van der Waals surface area contributed by atoms with Crippen molar-refractivity contribution in [3.8, 4) is 0 Å². The number of carbonyl (C=O) groups is 2. The lowest BCUT2D eigenvalue weighted by atomic mass is 10.1. The summed E-state index contributed by atoms with van der Waals surface area (Å²) in [6.45, 7) is -0.0239. The molecule has 0 bridgehead atoms. The zero-order valence-corrected chi connectivity index (χ0v) is 8.10. The summed E-state index contributed by atoms with van der Waals surface area (Å²) in [7, 11) is 0. The average Bonchev–Trinajstić information content (AvgIpc) is 2.21. The van der Waals surface area contributed by atoms with Gasteiger partial charge in [0.05, 0.1) is 0 Å². The van der Waals surface area contributed by atoms with E-state index in [-0.39, 0.29) is 25.3 Å². The summed E-state index contributed by atoms with van der Waals surface area (Å²) < 4.78 is 48.6. The van der Waals surface area contributed by atoms with Crippen LogP contribution in [0.15, 0.2) is 0 Å². The van der Waals surface area contributed by atoms with E-state index in [2.05, 4.69) is 5.32 Å². The Morgan fingerprint density at radius 2 is 2.12 bits per heavy atom. The molecule has 1 aliphatic heterocycles. The molecule has 0 saturated carbocycles. The van der Waals surface area contributed by atoms with Gasteiger partial charge in [0.2, 0.25) is 5.91 Å². The monoisotopic (exact) mass is 242 g/mol. The van der Waals surface area contributed by atoms with E-state index in [0.29, 0.717) is 0 Å². The molecule has 0 aromatic heterocycles. The highest BCUT2D eigenvalue weighted by atomic mass is 19.3. The van der Waals surface area contributed by atoms with Crippen LogP contribution >= 0.6 is 0 Å². The molecule has 1 unspecified atom stereocenters. The van der Waals surface area contributed by atoms with Gasteiger partial charge in [-0.3, -0.25) is 9.59 Å². The summed E-state index contributed by atoms with van der Waals surface area (Å²) in [4.78, 5) is 21.5. The second-order valence-electron chi connectivity index (χ2n) is 3.44. The quantitative estimate of drug-likeness (QED) is 0.698. The molecule has 1 aliphatic rings. The molecule has 4 nitrogen and oxygen atoms in total. The van der Waals surface area contributed by atoms with E-state index < -0.39 is 24.3 Å². The van der Waals surface area contributed by atoms with E-state index in [9.17, 15) is 27.2 Å². The number of halogens is 4. The van der Waals surface area contributed by atoms with E-state index in [1.807, 2.05) is 0 Å². The molecular formula is C8H10F4N2O2. The first-order valence-corrected chi connectivity index (χ1v) is 4.57.